The molecule has 13 heteroatoms. The third-order valence-electron chi connectivity index (χ3n) is 4.54. The monoisotopic (exact) mass is 498 g/mol. The van der Waals surface area contributed by atoms with Gasteiger partial charge >= 0.3 is 11.9 Å². The SMILES string of the molecule is O=C=Nc1nc(-c2cccs2)n(CC(=O)N[C@@H](CC(=O)O)C(=O)O)c(=O)c1OCc1ccccc1. The third kappa shape index (κ3) is 6.47. The number of hydrogen-bond donors (Lipinski definition) is 3. The van der Waals surface area contributed by atoms with Crippen molar-refractivity contribution in [1.29, 1.82) is 0 Å². The molecule has 3 aromatic rings. The number of carbonyl (C=O) groups excluding carboxylic acids is 2. The molecule has 0 bridgehead atoms. The van der Waals surface area contributed by atoms with Crippen LogP contribution in [0.25, 0.3) is 10.7 Å². The second kappa shape index (κ2) is 11.5. The first-order valence-corrected chi connectivity index (χ1v) is 10.9. The number of rotatable bonds is 11. The molecule has 0 saturated carbocycles. The second-order valence-corrected chi connectivity index (χ2v) is 7.94. The van der Waals surface area contributed by atoms with Gasteiger partial charge < -0.3 is 20.3 Å². The van der Waals surface area contributed by atoms with Crippen LogP contribution in [0.2, 0.25) is 0 Å². The summed E-state index contributed by atoms with van der Waals surface area (Å²) in [6.45, 7) is -0.765. The molecule has 180 valence electrons. The highest BCUT2D eigenvalue weighted by molar-refractivity contribution is 7.13. The molecule has 1 amide bonds. The number of isocyanates is 1. The van der Waals surface area contributed by atoms with Gasteiger partial charge in [0, 0.05) is 0 Å². The van der Waals surface area contributed by atoms with E-state index in [0.717, 1.165) is 4.57 Å². The largest absolute Gasteiger partial charge is 0.481 e. The third-order valence-corrected chi connectivity index (χ3v) is 5.41. The fourth-order valence-corrected chi connectivity index (χ4v) is 3.72. The van der Waals surface area contributed by atoms with Crippen LogP contribution in [-0.2, 0) is 32.3 Å². The van der Waals surface area contributed by atoms with Crippen LogP contribution >= 0.6 is 11.3 Å². The molecule has 0 aliphatic heterocycles. The fraction of sp³-hybridized carbons (Fsp3) is 0.182. The number of nitrogens with zero attached hydrogens (tertiary/aromatic N) is 3. The minimum atomic E-state index is -1.71. The van der Waals surface area contributed by atoms with E-state index in [1.54, 1.807) is 47.8 Å². The first-order valence-electron chi connectivity index (χ1n) is 9.97. The molecule has 3 N–H and O–H groups in total. The number of aromatic nitrogens is 2. The van der Waals surface area contributed by atoms with Crippen LogP contribution in [0.5, 0.6) is 5.75 Å². The topological polar surface area (TPSA) is 177 Å². The predicted octanol–water partition coefficient (Wildman–Crippen LogP) is 1.56. The number of carboxylic acid groups (broad SMARTS) is 2. The zero-order valence-corrected chi connectivity index (χ0v) is 18.7. The Kier molecular flexibility index (Phi) is 8.22. The number of aliphatic imine (C=N–C) groups is 1. The quantitative estimate of drug-likeness (QED) is 0.261. The van der Waals surface area contributed by atoms with E-state index in [1.807, 2.05) is 0 Å². The van der Waals surface area contributed by atoms with Crippen molar-refractivity contribution < 1.29 is 34.1 Å². The molecule has 1 aromatic carbocycles. The molecular formula is C22H18N4O8S. The normalized spacial score (nSPS) is 11.2. The van der Waals surface area contributed by atoms with Gasteiger partial charge in [-0.25, -0.2) is 14.6 Å². The molecule has 0 radical (unpaired) electrons. The summed E-state index contributed by atoms with van der Waals surface area (Å²) >= 11 is 1.19. The fourth-order valence-electron chi connectivity index (χ4n) is 3.00. The molecule has 2 aromatic heterocycles. The Balaban J connectivity index is 2.02. The maximum atomic E-state index is 13.4. The van der Waals surface area contributed by atoms with E-state index in [-0.39, 0.29) is 18.2 Å². The van der Waals surface area contributed by atoms with Gasteiger partial charge in [-0.1, -0.05) is 36.4 Å². The van der Waals surface area contributed by atoms with Crippen molar-refractivity contribution >= 4 is 41.1 Å². The standard InChI is InChI=1S/C22H18N4O8S/c27-12-23-19-18(34-11-13-5-2-1-3-6-13)21(31)26(20(25-19)15-7-4-8-35-15)10-16(28)24-14(22(32)33)9-17(29)30/h1-8,14H,9-11H2,(H,24,28)(H,29,30)(H,32,33)/t14-/m0/s1. The van der Waals surface area contributed by atoms with E-state index >= 15 is 0 Å². The number of carboxylic acids is 2. The van der Waals surface area contributed by atoms with Crippen LogP contribution in [0, 0.1) is 0 Å². The van der Waals surface area contributed by atoms with E-state index in [9.17, 15) is 29.1 Å². The van der Waals surface area contributed by atoms with Crippen LogP contribution in [0.15, 0.2) is 57.6 Å². The second-order valence-electron chi connectivity index (χ2n) is 6.99. The van der Waals surface area contributed by atoms with Gasteiger partial charge in [-0.2, -0.15) is 0 Å². The van der Waals surface area contributed by atoms with Crippen molar-refractivity contribution in [2.24, 2.45) is 4.99 Å². The lowest BCUT2D eigenvalue weighted by Gasteiger charge is -2.16. The smallest absolute Gasteiger partial charge is 0.326 e. The molecule has 12 nitrogen and oxygen atoms in total. The minimum Gasteiger partial charge on any atom is -0.481 e. The predicted molar refractivity (Wildman–Crippen MR) is 122 cm³/mol. The number of carbonyl (C=O) groups is 3. The van der Waals surface area contributed by atoms with Crippen LogP contribution in [0.3, 0.4) is 0 Å². The van der Waals surface area contributed by atoms with Gasteiger partial charge in [0.25, 0.3) is 5.56 Å². The highest BCUT2D eigenvalue weighted by Crippen LogP contribution is 2.28. The molecule has 0 aliphatic carbocycles. The summed E-state index contributed by atoms with van der Waals surface area (Å²) in [6.07, 6.45) is 0.470. The number of nitrogens with one attached hydrogen (secondary N) is 1. The average molecular weight is 498 g/mol. The van der Waals surface area contributed by atoms with E-state index in [2.05, 4.69) is 15.3 Å². The van der Waals surface area contributed by atoms with Crippen molar-refractivity contribution in [2.75, 3.05) is 0 Å². The Morgan fingerprint density at radius 1 is 1.17 bits per heavy atom. The van der Waals surface area contributed by atoms with E-state index < -0.39 is 48.2 Å². The lowest BCUT2D eigenvalue weighted by Crippen LogP contribution is -2.44. The number of ether oxygens (including phenoxy) is 1. The molecule has 0 saturated heterocycles. The lowest BCUT2D eigenvalue weighted by molar-refractivity contribution is -0.147. The lowest BCUT2D eigenvalue weighted by atomic mass is 10.2. The number of hydrogen-bond acceptors (Lipinski definition) is 9. The molecule has 2 heterocycles. The highest BCUT2D eigenvalue weighted by Gasteiger charge is 2.26. The van der Waals surface area contributed by atoms with Crippen LogP contribution in [0.4, 0.5) is 5.82 Å². The molecule has 3 rings (SSSR count). The molecule has 0 spiro atoms. The van der Waals surface area contributed by atoms with Crippen molar-refractivity contribution in [1.82, 2.24) is 14.9 Å². The van der Waals surface area contributed by atoms with E-state index in [1.165, 1.54) is 17.4 Å². The van der Waals surface area contributed by atoms with E-state index in [0.29, 0.717) is 10.4 Å². The van der Waals surface area contributed by atoms with Crippen molar-refractivity contribution in [2.45, 2.75) is 25.6 Å². The van der Waals surface area contributed by atoms with E-state index in [4.69, 9.17) is 9.84 Å². The molecule has 35 heavy (non-hydrogen) atoms. The summed E-state index contributed by atoms with van der Waals surface area (Å²) in [7, 11) is 0. The minimum absolute atomic E-state index is 0.0219. The van der Waals surface area contributed by atoms with Gasteiger partial charge in [0.05, 0.1) is 11.3 Å². The maximum Gasteiger partial charge on any atom is 0.326 e. The van der Waals surface area contributed by atoms with Crippen LogP contribution < -0.4 is 15.6 Å². The number of amides is 1. The first-order chi connectivity index (χ1) is 16.8. The summed E-state index contributed by atoms with van der Waals surface area (Å²) in [4.78, 5) is 67.3. The molecular weight excluding hydrogens is 480 g/mol. The van der Waals surface area contributed by atoms with Crippen molar-refractivity contribution in [3.8, 4) is 16.5 Å². The zero-order chi connectivity index (χ0) is 25.4. The van der Waals surface area contributed by atoms with Gasteiger partial charge in [-0.3, -0.25) is 19.0 Å². The highest BCUT2D eigenvalue weighted by atomic mass is 32.1. The van der Waals surface area contributed by atoms with Gasteiger partial charge in [-0.15, -0.1) is 16.3 Å². The Morgan fingerprint density at radius 2 is 1.91 bits per heavy atom. The number of thiophene rings is 1. The molecule has 0 unspecified atom stereocenters. The Labute approximate surface area is 201 Å². The Morgan fingerprint density at radius 3 is 2.51 bits per heavy atom. The van der Waals surface area contributed by atoms with Gasteiger partial charge in [-0.05, 0) is 17.0 Å². The number of benzene rings is 1. The number of aliphatic carboxylic acids is 2. The van der Waals surface area contributed by atoms with Crippen LogP contribution in [0.1, 0.15) is 12.0 Å². The summed E-state index contributed by atoms with van der Waals surface area (Å²) in [5, 5.41) is 21.8. The summed E-state index contributed by atoms with van der Waals surface area (Å²) in [5.74, 6) is -4.69. The Hall–Kier alpha value is -4.61. The van der Waals surface area contributed by atoms with Gasteiger partial charge in [0.15, 0.2) is 5.82 Å². The summed E-state index contributed by atoms with van der Waals surface area (Å²) in [6, 6.07) is 10.4. The summed E-state index contributed by atoms with van der Waals surface area (Å²) < 4.78 is 6.54. The molecule has 1 atom stereocenters. The van der Waals surface area contributed by atoms with Gasteiger partial charge in [0.1, 0.15) is 19.2 Å². The average Bonchev–Trinajstić information content (AvgIpc) is 3.35. The van der Waals surface area contributed by atoms with Gasteiger partial charge in [0.2, 0.25) is 23.6 Å². The van der Waals surface area contributed by atoms with Crippen molar-refractivity contribution in [3.63, 3.8) is 0 Å². The first kappa shape index (κ1) is 25.0. The Bertz CT molecular complexity index is 1330. The van der Waals surface area contributed by atoms with Crippen molar-refractivity contribution in [3.05, 3.63) is 63.8 Å². The molecule has 0 fully saturated rings. The molecule has 0 aliphatic rings. The maximum absolute atomic E-state index is 13.4. The zero-order valence-electron chi connectivity index (χ0n) is 17.9. The van der Waals surface area contributed by atoms with Crippen LogP contribution in [-0.4, -0.2) is 49.7 Å². The summed E-state index contributed by atoms with van der Waals surface area (Å²) in [5.41, 5.74) is -0.147.